The van der Waals surface area contributed by atoms with Crippen LogP contribution >= 0.6 is 11.3 Å². The number of aliphatic hydroxyl groups is 1. The van der Waals surface area contributed by atoms with E-state index in [9.17, 15) is 5.11 Å². The SMILES string of the molecule is CCCc1cccc(C(O)c2ccc(C)s2)c1. The summed E-state index contributed by atoms with van der Waals surface area (Å²) in [4.78, 5) is 2.26. The molecule has 0 fully saturated rings. The first-order valence-electron chi connectivity index (χ1n) is 6.04. The lowest BCUT2D eigenvalue weighted by atomic mass is 10.0. The van der Waals surface area contributed by atoms with Crippen LogP contribution in [0, 0.1) is 6.92 Å². The van der Waals surface area contributed by atoms with Crippen molar-refractivity contribution in [2.45, 2.75) is 32.8 Å². The van der Waals surface area contributed by atoms with Gasteiger partial charge in [0, 0.05) is 9.75 Å². The summed E-state index contributed by atoms with van der Waals surface area (Å²) < 4.78 is 0. The Hall–Kier alpha value is -1.12. The zero-order valence-corrected chi connectivity index (χ0v) is 11.1. The largest absolute Gasteiger partial charge is 0.383 e. The number of aryl methyl sites for hydroxylation is 2. The summed E-state index contributed by atoms with van der Waals surface area (Å²) in [6, 6.07) is 12.3. The van der Waals surface area contributed by atoms with E-state index in [1.165, 1.54) is 10.4 Å². The van der Waals surface area contributed by atoms with E-state index in [1.807, 2.05) is 18.2 Å². The minimum atomic E-state index is -0.481. The standard InChI is InChI=1S/C15H18OS/c1-3-5-12-6-4-7-13(10-12)15(16)14-9-8-11(2)17-14/h4,6-10,15-16H,3,5H2,1-2H3. The van der Waals surface area contributed by atoms with Crippen LogP contribution < -0.4 is 0 Å². The fourth-order valence-electron chi connectivity index (χ4n) is 1.97. The van der Waals surface area contributed by atoms with Gasteiger partial charge in [-0.05, 0) is 36.6 Å². The summed E-state index contributed by atoms with van der Waals surface area (Å²) in [5.41, 5.74) is 2.30. The van der Waals surface area contributed by atoms with Crippen molar-refractivity contribution in [3.8, 4) is 0 Å². The molecule has 1 heterocycles. The van der Waals surface area contributed by atoms with E-state index < -0.39 is 6.10 Å². The molecule has 0 saturated heterocycles. The summed E-state index contributed by atoms with van der Waals surface area (Å²) in [6.07, 6.45) is 1.73. The molecule has 1 aromatic heterocycles. The molecule has 1 nitrogen and oxygen atoms in total. The molecular formula is C15H18OS. The topological polar surface area (TPSA) is 20.2 Å². The van der Waals surface area contributed by atoms with E-state index in [0.717, 1.165) is 23.3 Å². The summed E-state index contributed by atoms with van der Waals surface area (Å²) in [6.45, 7) is 4.24. The maximum Gasteiger partial charge on any atom is 0.113 e. The number of aliphatic hydroxyl groups excluding tert-OH is 1. The molecule has 0 radical (unpaired) electrons. The zero-order chi connectivity index (χ0) is 12.3. The van der Waals surface area contributed by atoms with E-state index in [0.29, 0.717) is 0 Å². The van der Waals surface area contributed by atoms with Gasteiger partial charge in [-0.1, -0.05) is 37.6 Å². The van der Waals surface area contributed by atoms with Gasteiger partial charge in [0.2, 0.25) is 0 Å². The fraction of sp³-hybridized carbons (Fsp3) is 0.333. The minimum Gasteiger partial charge on any atom is -0.383 e. The molecule has 0 spiro atoms. The summed E-state index contributed by atoms with van der Waals surface area (Å²) in [7, 11) is 0. The molecule has 1 aromatic carbocycles. The van der Waals surface area contributed by atoms with Gasteiger partial charge in [-0.15, -0.1) is 11.3 Å². The molecule has 0 bridgehead atoms. The quantitative estimate of drug-likeness (QED) is 0.861. The Balaban J connectivity index is 2.24. The number of hydrogen-bond acceptors (Lipinski definition) is 2. The van der Waals surface area contributed by atoms with Gasteiger partial charge in [-0.3, -0.25) is 0 Å². The molecule has 0 aliphatic carbocycles. The first-order chi connectivity index (χ1) is 8.20. The van der Waals surface area contributed by atoms with E-state index in [1.54, 1.807) is 11.3 Å². The summed E-state index contributed by atoms with van der Waals surface area (Å²) in [5.74, 6) is 0. The van der Waals surface area contributed by atoms with Crippen molar-refractivity contribution in [1.29, 1.82) is 0 Å². The van der Waals surface area contributed by atoms with Gasteiger partial charge >= 0.3 is 0 Å². The average molecular weight is 246 g/mol. The first-order valence-corrected chi connectivity index (χ1v) is 6.85. The van der Waals surface area contributed by atoms with Crippen molar-refractivity contribution in [1.82, 2.24) is 0 Å². The molecule has 1 N–H and O–H groups in total. The van der Waals surface area contributed by atoms with Crippen LogP contribution in [0.1, 0.15) is 40.3 Å². The van der Waals surface area contributed by atoms with E-state index in [-0.39, 0.29) is 0 Å². The van der Waals surface area contributed by atoms with Crippen molar-refractivity contribution in [2.75, 3.05) is 0 Å². The highest BCUT2D eigenvalue weighted by Gasteiger charge is 2.12. The van der Waals surface area contributed by atoms with Gasteiger partial charge in [0.25, 0.3) is 0 Å². The van der Waals surface area contributed by atoms with Crippen LogP contribution in [0.25, 0.3) is 0 Å². The van der Waals surface area contributed by atoms with Crippen LogP contribution in [-0.4, -0.2) is 5.11 Å². The lowest BCUT2D eigenvalue weighted by molar-refractivity contribution is 0.224. The second-order valence-electron chi connectivity index (χ2n) is 4.35. The highest BCUT2D eigenvalue weighted by atomic mass is 32.1. The molecule has 2 rings (SSSR count). The molecule has 17 heavy (non-hydrogen) atoms. The third-order valence-corrected chi connectivity index (χ3v) is 3.89. The number of thiophene rings is 1. The molecule has 0 aliphatic rings. The number of hydrogen-bond donors (Lipinski definition) is 1. The van der Waals surface area contributed by atoms with Crippen molar-refractivity contribution >= 4 is 11.3 Å². The molecule has 1 unspecified atom stereocenters. The maximum atomic E-state index is 10.3. The van der Waals surface area contributed by atoms with Gasteiger partial charge in [0.15, 0.2) is 0 Å². The molecular weight excluding hydrogens is 228 g/mol. The summed E-state index contributed by atoms with van der Waals surface area (Å²) in [5, 5.41) is 10.3. The van der Waals surface area contributed by atoms with Gasteiger partial charge in [0.1, 0.15) is 6.10 Å². The molecule has 1 atom stereocenters. The molecule has 0 amide bonds. The second kappa shape index (κ2) is 5.48. The number of rotatable bonds is 4. The van der Waals surface area contributed by atoms with Gasteiger partial charge in [-0.25, -0.2) is 0 Å². The highest BCUT2D eigenvalue weighted by Crippen LogP contribution is 2.28. The van der Waals surface area contributed by atoms with Crippen LogP contribution in [0.5, 0.6) is 0 Å². The highest BCUT2D eigenvalue weighted by molar-refractivity contribution is 7.12. The van der Waals surface area contributed by atoms with Crippen LogP contribution in [0.15, 0.2) is 36.4 Å². The minimum absolute atomic E-state index is 0.481. The van der Waals surface area contributed by atoms with Crippen molar-refractivity contribution in [3.63, 3.8) is 0 Å². The van der Waals surface area contributed by atoms with Crippen LogP contribution in [0.3, 0.4) is 0 Å². The molecule has 0 saturated carbocycles. The molecule has 90 valence electrons. The van der Waals surface area contributed by atoms with E-state index in [2.05, 4.69) is 32.0 Å². The predicted molar refractivity (Wildman–Crippen MR) is 73.6 cm³/mol. The maximum absolute atomic E-state index is 10.3. The molecule has 2 aromatic rings. The average Bonchev–Trinajstić information content (AvgIpc) is 2.76. The Morgan fingerprint density at radius 2 is 2.06 bits per heavy atom. The monoisotopic (exact) mass is 246 g/mol. The number of benzene rings is 1. The molecule has 0 aliphatic heterocycles. The Morgan fingerprint density at radius 1 is 1.24 bits per heavy atom. The Labute approximate surface area is 107 Å². The van der Waals surface area contributed by atoms with Crippen LogP contribution in [0.2, 0.25) is 0 Å². The van der Waals surface area contributed by atoms with Crippen LogP contribution in [0.4, 0.5) is 0 Å². The Morgan fingerprint density at radius 3 is 2.71 bits per heavy atom. The zero-order valence-electron chi connectivity index (χ0n) is 10.3. The van der Waals surface area contributed by atoms with Gasteiger partial charge < -0.3 is 5.11 Å². The summed E-state index contributed by atoms with van der Waals surface area (Å²) >= 11 is 1.66. The Kier molecular flexibility index (Phi) is 3.97. The fourth-order valence-corrected chi connectivity index (χ4v) is 2.86. The van der Waals surface area contributed by atoms with Crippen LogP contribution in [-0.2, 0) is 6.42 Å². The smallest absolute Gasteiger partial charge is 0.113 e. The third kappa shape index (κ3) is 2.96. The third-order valence-electron chi connectivity index (χ3n) is 2.84. The van der Waals surface area contributed by atoms with Crippen molar-refractivity contribution in [3.05, 3.63) is 57.3 Å². The lowest BCUT2D eigenvalue weighted by Crippen LogP contribution is -1.98. The lowest BCUT2D eigenvalue weighted by Gasteiger charge is -2.10. The van der Waals surface area contributed by atoms with Crippen molar-refractivity contribution in [2.24, 2.45) is 0 Å². The first kappa shape index (κ1) is 12.3. The van der Waals surface area contributed by atoms with E-state index in [4.69, 9.17) is 0 Å². The normalized spacial score (nSPS) is 12.6. The second-order valence-corrected chi connectivity index (χ2v) is 5.67. The van der Waals surface area contributed by atoms with Gasteiger partial charge in [-0.2, -0.15) is 0 Å². The molecule has 2 heteroatoms. The Bertz CT molecular complexity index is 487. The van der Waals surface area contributed by atoms with Gasteiger partial charge in [0.05, 0.1) is 0 Å². The predicted octanol–water partition coefficient (Wildman–Crippen LogP) is 4.09. The van der Waals surface area contributed by atoms with E-state index >= 15 is 0 Å². The van der Waals surface area contributed by atoms with Crippen molar-refractivity contribution < 1.29 is 5.11 Å².